The number of rotatable bonds is 6. The topological polar surface area (TPSA) is 67.4 Å². The molecular formula is C13H20IN5O. The fourth-order valence-corrected chi connectivity index (χ4v) is 1.62. The maximum Gasteiger partial charge on any atom is 0.191 e. The van der Waals surface area contributed by atoms with E-state index in [1.165, 1.54) is 0 Å². The molecule has 0 spiro atoms. The monoisotopic (exact) mass is 389 g/mol. The summed E-state index contributed by atoms with van der Waals surface area (Å²) in [4.78, 5) is 8.45. The molecule has 2 heterocycles. The largest absolute Gasteiger partial charge is 0.467 e. The first-order valence-corrected chi connectivity index (χ1v) is 6.39. The number of hydrogen-bond acceptors (Lipinski definition) is 3. The second kappa shape index (κ2) is 9.40. The summed E-state index contributed by atoms with van der Waals surface area (Å²) in [6, 6.07) is 3.78. The van der Waals surface area contributed by atoms with Gasteiger partial charge < -0.3 is 19.6 Å². The van der Waals surface area contributed by atoms with Gasteiger partial charge in [0.05, 0.1) is 12.6 Å². The molecule has 0 aliphatic carbocycles. The SMILES string of the molecule is CCNC(=NCc1ccco1)NCCn1ccnc1.I. The second-order valence-electron chi connectivity index (χ2n) is 4.00. The number of nitrogens with zero attached hydrogens (tertiary/aromatic N) is 3. The smallest absolute Gasteiger partial charge is 0.191 e. The lowest BCUT2D eigenvalue weighted by Crippen LogP contribution is -2.38. The summed E-state index contributed by atoms with van der Waals surface area (Å²) >= 11 is 0. The minimum Gasteiger partial charge on any atom is -0.467 e. The Labute approximate surface area is 135 Å². The highest BCUT2D eigenvalue weighted by Gasteiger charge is 1.98. The van der Waals surface area contributed by atoms with E-state index in [1.54, 1.807) is 18.8 Å². The Morgan fingerprint density at radius 2 is 2.35 bits per heavy atom. The standard InChI is InChI=1S/C13H19N5O.HI/c1-2-15-13(17-10-12-4-3-9-19-12)16-6-8-18-7-5-14-11-18;/h3-5,7,9,11H,2,6,8,10H2,1H3,(H2,15,16,17);1H. The van der Waals surface area contributed by atoms with Crippen LogP contribution in [0.5, 0.6) is 0 Å². The van der Waals surface area contributed by atoms with Gasteiger partial charge in [-0.15, -0.1) is 24.0 Å². The lowest BCUT2D eigenvalue weighted by molar-refractivity contribution is 0.511. The molecule has 0 unspecified atom stereocenters. The van der Waals surface area contributed by atoms with Crippen LogP contribution in [0.15, 0.2) is 46.5 Å². The normalized spacial score (nSPS) is 10.9. The number of nitrogens with one attached hydrogen (secondary N) is 2. The summed E-state index contributed by atoms with van der Waals surface area (Å²) in [5, 5.41) is 6.47. The van der Waals surface area contributed by atoms with Crippen LogP contribution in [0.2, 0.25) is 0 Å². The molecule has 0 saturated carbocycles. The summed E-state index contributed by atoms with van der Waals surface area (Å²) < 4.78 is 7.27. The van der Waals surface area contributed by atoms with Gasteiger partial charge in [-0.1, -0.05) is 0 Å². The molecule has 7 heteroatoms. The zero-order valence-corrected chi connectivity index (χ0v) is 13.8. The predicted octanol–water partition coefficient (Wildman–Crippen LogP) is 1.85. The van der Waals surface area contributed by atoms with Crippen LogP contribution < -0.4 is 10.6 Å². The number of aromatic nitrogens is 2. The molecule has 0 saturated heterocycles. The third kappa shape index (κ3) is 5.64. The highest BCUT2D eigenvalue weighted by molar-refractivity contribution is 14.0. The van der Waals surface area contributed by atoms with E-state index in [4.69, 9.17) is 4.42 Å². The molecule has 0 aliphatic heterocycles. The van der Waals surface area contributed by atoms with Gasteiger partial charge in [-0.05, 0) is 19.1 Å². The second-order valence-corrected chi connectivity index (χ2v) is 4.00. The van der Waals surface area contributed by atoms with Gasteiger partial charge in [-0.25, -0.2) is 9.98 Å². The minimum atomic E-state index is 0. The van der Waals surface area contributed by atoms with E-state index < -0.39 is 0 Å². The molecule has 2 aromatic heterocycles. The Bertz CT molecular complexity index is 481. The van der Waals surface area contributed by atoms with Crippen molar-refractivity contribution < 1.29 is 4.42 Å². The predicted molar refractivity (Wildman–Crippen MR) is 89.2 cm³/mol. The number of guanidine groups is 1. The first-order valence-electron chi connectivity index (χ1n) is 6.39. The Hall–Kier alpha value is -1.51. The summed E-state index contributed by atoms with van der Waals surface area (Å²) in [6.45, 7) is 5.05. The Morgan fingerprint density at radius 3 is 3.00 bits per heavy atom. The fourth-order valence-electron chi connectivity index (χ4n) is 1.62. The Kier molecular flexibility index (Phi) is 7.78. The quantitative estimate of drug-likeness (QED) is 0.450. The Balaban J connectivity index is 0.00000200. The summed E-state index contributed by atoms with van der Waals surface area (Å²) in [7, 11) is 0. The lowest BCUT2D eigenvalue weighted by atomic mass is 10.4. The molecule has 0 amide bonds. The van der Waals surface area contributed by atoms with Crippen molar-refractivity contribution in [3.63, 3.8) is 0 Å². The third-order valence-corrected chi connectivity index (χ3v) is 2.54. The van der Waals surface area contributed by atoms with Crippen LogP contribution in [0, 0.1) is 0 Å². The summed E-state index contributed by atoms with van der Waals surface area (Å²) in [5.74, 6) is 1.64. The average molecular weight is 389 g/mol. The molecule has 0 aliphatic rings. The number of imidazole rings is 1. The van der Waals surface area contributed by atoms with E-state index >= 15 is 0 Å². The van der Waals surface area contributed by atoms with Crippen molar-refractivity contribution in [1.82, 2.24) is 20.2 Å². The van der Waals surface area contributed by atoms with Crippen LogP contribution in [-0.4, -0.2) is 28.6 Å². The molecule has 6 nitrogen and oxygen atoms in total. The molecule has 110 valence electrons. The van der Waals surface area contributed by atoms with Crippen LogP contribution in [0.4, 0.5) is 0 Å². The number of halogens is 1. The van der Waals surface area contributed by atoms with Crippen molar-refractivity contribution in [2.75, 3.05) is 13.1 Å². The Morgan fingerprint density at radius 1 is 1.45 bits per heavy atom. The van der Waals surface area contributed by atoms with Crippen LogP contribution in [0.1, 0.15) is 12.7 Å². The molecular weight excluding hydrogens is 369 g/mol. The highest BCUT2D eigenvalue weighted by atomic mass is 127. The van der Waals surface area contributed by atoms with Gasteiger partial charge in [-0.2, -0.15) is 0 Å². The molecule has 0 radical (unpaired) electrons. The van der Waals surface area contributed by atoms with E-state index in [1.807, 2.05) is 29.8 Å². The molecule has 0 bridgehead atoms. The van der Waals surface area contributed by atoms with Crippen molar-refractivity contribution in [2.24, 2.45) is 4.99 Å². The van der Waals surface area contributed by atoms with Gasteiger partial charge in [0, 0.05) is 32.0 Å². The van der Waals surface area contributed by atoms with Crippen LogP contribution in [0.25, 0.3) is 0 Å². The molecule has 0 fully saturated rings. The van der Waals surface area contributed by atoms with Crippen molar-refractivity contribution in [2.45, 2.75) is 20.0 Å². The van der Waals surface area contributed by atoms with E-state index in [9.17, 15) is 0 Å². The lowest BCUT2D eigenvalue weighted by Gasteiger charge is -2.11. The zero-order chi connectivity index (χ0) is 13.3. The van der Waals surface area contributed by atoms with Crippen molar-refractivity contribution in [3.05, 3.63) is 42.9 Å². The maximum atomic E-state index is 5.25. The van der Waals surface area contributed by atoms with Crippen LogP contribution >= 0.6 is 24.0 Å². The molecule has 2 rings (SSSR count). The molecule has 0 aromatic carbocycles. The molecule has 20 heavy (non-hydrogen) atoms. The van der Waals surface area contributed by atoms with Crippen LogP contribution in [-0.2, 0) is 13.1 Å². The average Bonchev–Trinajstić information content (AvgIpc) is 3.09. The molecule has 2 aromatic rings. The van der Waals surface area contributed by atoms with E-state index in [0.29, 0.717) is 6.54 Å². The number of aliphatic imine (C=N–C) groups is 1. The fraction of sp³-hybridized carbons (Fsp3) is 0.385. The van der Waals surface area contributed by atoms with Crippen molar-refractivity contribution in [3.8, 4) is 0 Å². The van der Waals surface area contributed by atoms with Crippen LogP contribution in [0.3, 0.4) is 0 Å². The summed E-state index contributed by atoms with van der Waals surface area (Å²) in [6.07, 6.45) is 7.17. The maximum absolute atomic E-state index is 5.25. The van der Waals surface area contributed by atoms with Crippen molar-refractivity contribution in [1.29, 1.82) is 0 Å². The highest BCUT2D eigenvalue weighted by Crippen LogP contribution is 2.00. The number of hydrogen-bond donors (Lipinski definition) is 2. The summed E-state index contributed by atoms with van der Waals surface area (Å²) in [5.41, 5.74) is 0. The van der Waals surface area contributed by atoms with Crippen molar-refractivity contribution >= 4 is 29.9 Å². The van der Waals surface area contributed by atoms with Gasteiger partial charge in [0.2, 0.25) is 0 Å². The molecule has 0 atom stereocenters. The minimum absolute atomic E-state index is 0. The van der Waals surface area contributed by atoms with E-state index in [2.05, 4.69) is 20.6 Å². The number of furan rings is 1. The molecule has 2 N–H and O–H groups in total. The van der Waals surface area contributed by atoms with E-state index in [-0.39, 0.29) is 24.0 Å². The third-order valence-electron chi connectivity index (χ3n) is 2.54. The van der Waals surface area contributed by atoms with Gasteiger partial charge in [-0.3, -0.25) is 0 Å². The van der Waals surface area contributed by atoms with Gasteiger partial charge in [0.25, 0.3) is 0 Å². The van der Waals surface area contributed by atoms with E-state index in [0.717, 1.165) is 31.4 Å². The van der Waals surface area contributed by atoms with Gasteiger partial charge in [0.1, 0.15) is 12.3 Å². The first-order chi connectivity index (χ1) is 9.38. The zero-order valence-electron chi connectivity index (χ0n) is 11.5. The first kappa shape index (κ1) is 16.5. The van der Waals surface area contributed by atoms with Gasteiger partial charge in [0.15, 0.2) is 5.96 Å². The van der Waals surface area contributed by atoms with Gasteiger partial charge >= 0.3 is 0 Å².